The van der Waals surface area contributed by atoms with Gasteiger partial charge in [0.1, 0.15) is 23.1 Å². The van der Waals surface area contributed by atoms with Crippen molar-refractivity contribution in [3.8, 4) is 34.5 Å². The van der Waals surface area contributed by atoms with Crippen LogP contribution in [0.5, 0.6) is 17.2 Å². The number of aryl methyl sites for hydroxylation is 1. The predicted octanol–water partition coefficient (Wildman–Crippen LogP) is 3.53. The number of methoxy groups -OCH3 is 3. The summed E-state index contributed by atoms with van der Waals surface area (Å²) in [6, 6.07) is 13.0. The molecule has 0 saturated heterocycles. The van der Waals surface area contributed by atoms with Crippen LogP contribution in [0.2, 0.25) is 0 Å². The molecule has 3 heterocycles. The van der Waals surface area contributed by atoms with Gasteiger partial charge >= 0.3 is 0 Å². The molecule has 0 bridgehead atoms. The number of carbonyl (C=O) groups is 1. The minimum absolute atomic E-state index is 0.146. The molecule has 1 amide bonds. The molecule has 2 aromatic carbocycles. The van der Waals surface area contributed by atoms with Gasteiger partial charge in [-0.2, -0.15) is 14.9 Å². The van der Waals surface area contributed by atoms with Crippen molar-refractivity contribution in [2.75, 3.05) is 26.6 Å². The Bertz CT molecular complexity index is 1400. The van der Waals surface area contributed by atoms with Crippen molar-refractivity contribution in [3.63, 3.8) is 0 Å². The molecule has 0 saturated carbocycles. The van der Waals surface area contributed by atoms with Crippen molar-refractivity contribution in [3.05, 3.63) is 65.5 Å². The minimum Gasteiger partial charge on any atom is -0.497 e. The summed E-state index contributed by atoms with van der Waals surface area (Å²) in [6.07, 6.45) is 1.82. The standard InChI is InChI=1S/C25H24N6O4/c1-14-23-19(18-11-17(34-3)9-10-21(18)35-4)12-22(32)28-24(23)31(30-14)25-27-20(13-26-29-25)15-5-7-16(33-2)8-6-15/h5-11,13,19H,12H2,1-4H3,(H,28,32)/t19-/m0/s1. The molecule has 1 N–H and O–H groups in total. The summed E-state index contributed by atoms with van der Waals surface area (Å²) < 4.78 is 17.8. The van der Waals surface area contributed by atoms with Crippen molar-refractivity contribution < 1.29 is 19.0 Å². The molecule has 178 valence electrons. The van der Waals surface area contributed by atoms with E-state index in [9.17, 15) is 4.79 Å². The van der Waals surface area contributed by atoms with E-state index in [-0.39, 0.29) is 24.2 Å². The lowest BCUT2D eigenvalue weighted by atomic mass is 9.85. The van der Waals surface area contributed by atoms with E-state index in [1.807, 2.05) is 49.4 Å². The lowest BCUT2D eigenvalue weighted by molar-refractivity contribution is -0.116. The molecule has 2 aromatic heterocycles. The van der Waals surface area contributed by atoms with Gasteiger partial charge in [-0.1, -0.05) is 0 Å². The Kier molecular flexibility index (Phi) is 5.77. The van der Waals surface area contributed by atoms with Crippen LogP contribution >= 0.6 is 0 Å². The molecular weight excluding hydrogens is 448 g/mol. The second-order valence-corrected chi connectivity index (χ2v) is 8.04. The number of rotatable bonds is 6. The van der Waals surface area contributed by atoms with Crippen molar-refractivity contribution in [2.45, 2.75) is 19.3 Å². The molecule has 0 radical (unpaired) electrons. The number of ether oxygens (including phenoxy) is 3. The first-order valence-corrected chi connectivity index (χ1v) is 11.0. The fraction of sp³-hybridized carbons (Fsp3) is 0.240. The number of amides is 1. The van der Waals surface area contributed by atoms with Crippen molar-refractivity contribution >= 4 is 11.7 Å². The van der Waals surface area contributed by atoms with Crippen LogP contribution in [0.25, 0.3) is 17.2 Å². The van der Waals surface area contributed by atoms with Crippen LogP contribution in [0.3, 0.4) is 0 Å². The SMILES string of the molecule is COc1ccc(-c2cnnc(-n3nc(C)c4c3NC(=O)C[C@H]4c3cc(OC)ccc3OC)n2)cc1. The van der Waals surface area contributed by atoms with Crippen LogP contribution in [-0.4, -0.2) is 52.2 Å². The van der Waals surface area contributed by atoms with Crippen LogP contribution in [0.15, 0.2) is 48.7 Å². The Morgan fingerprint density at radius 1 is 1.00 bits per heavy atom. The molecule has 5 rings (SSSR count). The average Bonchev–Trinajstić information content (AvgIpc) is 3.23. The van der Waals surface area contributed by atoms with Gasteiger partial charge < -0.3 is 19.5 Å². The molecule has 10 heteroatoms. The number of benzene rings is 2. The van der Waals surface area contributed by atoms with E-state index in [1.54, 1.807) is 27.5 Å². The Morgan fingerprint density at radius 2 is 1.74 bits per heavy atom. The minimum atomic E-state index is -0.282. The molecule has 0 unspecified atom stereocenters. The third-order valence-corrected chi connectivity index (χ3v) is 6.04. The number of fused-ring (bicyclic) bond motifs is 1. The van der Waals surface area contributed by atoms with Gasteiger partial charge in [0.05, 0.1) is 38.9 Å². The van der Waals surface area contributed by atoms with Gasteiger partial charge in [-0.25, -0.2) is 4.98 Å². The highest BCUT2D eigenvalue weighted by Crippen LogP contribution is 2.44. The molecule has 35 heavy (non-hydrogen) atoms. The number of nitrogens with one attached hydrogen (secondary N) is 1. The summed E-state index contributed by atoms with van der Waals surface area (Å²) in [7, 11) is 4.83. The maximum absolute atomic E-state index is 12.8. The van der Waals surface area contributed by atoms with Gasteiger partial charge in [0.25, 0.3) is 5.95 Å². The quantitative estimate of drug-likeness (QED) is 0.453. The van der Waals surface area contributed by atoms with Gasteiger partial charge in [0, 0.05) is 29.0 Å². The second-order valence-electron chi connectivity index (χ2n) is 8.04. The van der Waals surface area contributed by atoms with Crippen LogP contribution in [0.1, 0.15) is 29.2 Å². The second kappa shape index (κ2) is 9.05. The molecule has 0 fully saturated rings. The van der Waals surface area contributed by atoms with Crippen molar-refractivity contribution in [1.82, 2.24) is 25.0 Å². The Hall–Kier alpha value is -4.47. The maximum atomic E-state index is 12.8. The molecule has 10 nitrogen and oxygen atoms in total. The van der Waals surface area contributed by atoms with E-state index >= 15 is 0 Å². The zero-order chi connectivity index (χ0) is 24.5. The van der Waals surface area contributed by atoms with Gasteiger partial charge in [0.2, 0.25) is 5.91 Å². The first-order chi connectivity index (χ1) is 17.0. The molecule has 0 aliphatic carbocycles. The number of hydrogen-bond acceptors (Lipinski definition) is 8. The maximum Gasteiger partial charge on any atom is 0.272 e. The topological polar surface area (TPSA) is 113 Å². The number of anilines is 1. The smallest absolute Gasteiger partial charge is 0.272 e. The van der Waals surface area contributed by atoms with Crippen LogP contribution in [0, 0.1) is 6.92 Å². The fourth-order valence-corrected chi connectivity index (χ4v) is 4.35. The number of hydrogen-bond donors (Lipinski definition) is 1. The van der Waals surface area contributed by atoms with Gasteiger partial charge in [-0.05, 0) is 49.4 Å². The Morgan fingerprint density at radius 3 is 2.46 bits per heavy atom. The zero-order valence-corrected chi connectivity index (χ0v) is 19.8. The number of carbonyl (C=O) groups excluding carboxylic acids is 1. The highest BCUT2D eigenvalue weighted by Gasteiger charge is 2.35. The summed E-state index contributed by atoms with van der Waals surface area (Å²) in [5.74, 6) is 2.43. The Labute approximate surface area is 201 Å². The predicted molar refractivity (Wildman–Crippen MR) is 128 cm³/mol. The van der Waals surface area contributed by atoms with E-state index in [1.165, 1.54) is 4.68 Å². The summed E-state index contributed by atoms with van der Waals surface area (Å²) in [4.78, 5) is 17.5. The lowest BCUT2D eigenvalue weighted by Gasteiger charge is -2.25. The molecule has 1 aliphatic rings. The number of aromatic nitrogens is 5. The largest absolute Gasteiger partial charge is 0.497 e. The average molecular weight is 473 g/mol. The van der Waals surface area contributed by atoms with E-state index in [0.717, 1.165) is 28.1 Å². The monoisotopic (exact) mass is 472 g/mol. The van der Waals surface area contributed by atoms with E-state index in [2.05, 4.69) is 25.6 Å². The third-order valence-electron chi connectivity index (χ3n) is 6.04. The zero-order valence-electron chi connectivity index (χ0n) is 19.8. The van der Waals surface area contributed by atoms with E-state index in [4.69, 9.17) is 14.2 Å². The van der Waals surface area contributed by atoms with E-state index in [0.29, 0.717) is 23.0 Å². The summed E-state index contributed by atoms with van der Waals surface area (Å²) >= 11 is 0. The summed E-state index contributed by atoms with van der Waals surface area (Å²) in [6.45, 7) is 1.90. The van der Waals surface area contributed by atoms with Gasteiger partial charge in [0.15, 0.2) is 0 Å². The lowest BCUT2D eigenvalue weighted by Crippen LogP contribution is -2.25. The van der Waals surface area contributed by atoms with Gasteiger partial charge in [-0.15, -0.1) is 5.10 Å². The highest BCUT2D eigenvalue weighted by atomic mass is 16.5. The summed E-state index contributed by atoms with van der Waals surface area (Å²) in [5, 5.41) is 16.0. The number of nitrogens with zero attached hydrogens (tertiary/aromatic N) is 5. The van der Waals surface area contributed by atoms with Crippen LogP contribution in [0.4, 0.5) is 5.82 Å². The van der Waals surface area contributed by atoms with Crippen molar-refractivity contribution in [1.29, 1.82) is 0 Å². The van der Waals surface area contributed by atoms with E-state index < -0.39 is 0 Å². The third kappa shape index (κ3) is 4.03. The summed E-state index contributed by atoms with van der Waals surface area (Å²) in [5.41, 5.74) is 3.93. The molecule has 1 aliphatic heterocycles. The van der Waals surface area contributed by atoms with Gasteiger partial charge in [-0.3, -0.25) is 4.79 Å². The first kappa shape index (κ1) is 22.3. The van der Waals surface area contributed by atoms with Crippen LogP contribution in [-0.2, 0) is 4.79 Å². The molecule has 4 aromatic rings. The highest BCUT2D eigenvalue weighted by molar-refractivity contribution is 5.95. The molecule has 0 spiro atoms. The molecular formula is C25H24N6O4. The normalized spacial score (nSPS) is 14.7. The van der Waals surface area contributed by atoms with Crippen LogP contribution < -0.4 is 19.5 Å². The Balaban J connectivity index is 1.61. The fourth-order valence-electron chi connectivity index (χ4n) is 4.35. The molecule has 1 atom stereocenters. The van der Waals surface area contributed by atoms with Crippen molar-refractivity contribution in [2.24, 2.45) is 0 Å². The first-order valence-electron chi connectivity index (χ1n) is 11.0.